The number of hydrogen-bond acceptors (Lipinski definition) is 6. The van der Waals surface area contributed by atoms with Gasteiger partial charge in [0.15, 0.2) is 0 Å². The number of ether oxygens (including phenoxy) is 1. The number of nitrogens with zero attached hydrogens (tertiary/aromatic N) is 4. The summed E-state index contributed by atoms with van der Waals surface area (Å²) in [4.78, 5) is 23.6. The minimum absolute atomic E-state index is 0.176. The van der Waals surface area contributed by atoms with E-state index < -0.39 is 0 Å². The molecule has 0 saturated carbocycles. The highest BCUT2D eigenvalue weighted by Crippen LogP contribution is 2.32. The average Bonchev–Trinajstić information content (AvgIpc) is 3.09. The van der Waals surface area contributed by atoms with Gasteiger partial charge in [-0.15, -0.1) is 0 Å². The Hall–Kier alpha value is -2.90. The van der Waals surface area contributed by atoms with Crippen molar-refractivity contribution in [1.29, 1.82) is 0 Å². The third-order valence-corrected chi connectivity index (χ3v) is 5.73. The van der Waals surface area contributed by atoms with E-state index >= 15 is 0 Å². The molecule has 2 atom stereocenters. The van der Waals surface area contributed by atoms with Crippen LogP contribution in [0.4, 0.5) is 5.82 Å². The summed E-state index contributed by atoms with van der Waals surface area (Å²) in [6.07, 6.45) is 5.01. The summed E-state index contributed by atoms with van der Waals surface area (Å²) in [6, 6.07) is 11.2. The summed E-state index contributed by atoms with van der Waals surface area (Å²) in [7, 11) is 0. The van der Waals surface area contributed by atoms with Crippen LogP contribution in [0.15, 0.2) is 59.8 Å². The molecule has 0 bridgehead atoms. The molecule has 2 saturated heterocycles. The van der Waals surface area contributed by atoms with Crippen molar-refractivity contribution in [1.82, 2.24) is 19.9 Å². The second-order valence-electron chi connectivity index (χ2n) is 7.34. The summed E-state index contributed by atoms with van der Waals surface area (Å²) in [5.41, 5.74) is 1.29. The molecular formula is C21H20ClN5O2. The fourth-order valence-corrected chi connectivity index (χ4v) is 4.00. The van der Waals surface area contributed by atoms with E-state index in [0.29, 0.717) is 16.8 Å². The molecule has 0 amide bonds. The van der Waals surface area contributed by atoms with Crippen LogP contribution in [0.2, 0.25) is 5.02 Å². The van der Waals surface area contributed by atoms with E-state index in [1.54, 1.807) is 41.4 Å². The van der Waals surface area contributed by atoms with E-state index in [9.17, 15) is 4.79 Å². The monoisotopic (exact) mass is 409 g/mol. The van der Waals surface area contributed by atoms with Gasteiger partial charge in [0.2, 0.25) is 0 Å². The Bertz CT molecular complexity index is 1070. The van der Waals surface area contributed by atoms with E-state index in [1.807, 2.05) is 12.1 Å². The van der Waals surface area contributed by atoms with Gasteiger partial charge in [-0.2, -0.15) is 0 Å². The molecule has 3 aromatic heterocycles. The zero-order valence-electron chi connectivity index (χ0n) is 15.7. The smallest absolute Gasteiger partial charge is 0.258 e. The van der Waals surface area contributed by atoms with Gasteiger partial charge in [0, 0.05) is 50.1 Å². The highest BCUT2D eigenvalue weighted by Gasteiger charge is 2.42. The summed E-state index contributed by atoms with van der Waals surface area (Å²) in [6.45, 7) is 3.42. The fourth-order valence-electron chi connectivity index (χ4n) is 3.89. The minimum Gasteiger partial charge on any atom is -0.487 e. The van der Waals surface area contributed by atoms with Crippen LogP contribution in [-0.2, 0) is 6.61 Å². The maximum Gasteiger partial charge on any atom is 0.258 e. The van der Waals surface area contributed by atoms with E-state index in [1.165, 1.54) is 6.07 Å². The van der Waals surface area contributed by atoms with Crippen LogP contribution in [0.25, 0.3) is 5.69 Å². The van der Waals surface area contributed by atoms with Gasteiger partial charge in [-0.05, 0) is 30.3 Å². The first kappa shape index (κ1) is 18.1. The number of nitrogens with one attached hydrogen (secondary N) is 1. The van der Waals surface area contributed by atoms with E-state index in [0.717, 1.165) is 42.8 Å². The molecule has 5 rings (SSSR count). The van der Waals surface area contributed by atoms with Crippen LogP contribution in [0.5, 0.6) is 5.75 Å². The van der Waals surface area contributed by atoms with Crippen molar-refractivity contribution in [2.45, 2.75) is 12.6 Å². The molecule has 8 heteroatoms. The zero-order chi connectivity index (χ0) is 19.8. The van der Waals surface area contributed by atoms with Crippen molar-refractivity contribution in [2.24, 2.45) is 5.92 Å². The predicted octanol–water partition coefficient (Wildman–Crippen LogP) is 2.27. The van der Waals surface area contributed by atoms with Crippen LogP contribution in [-0.4, -0.2) is 40.2 Å². The van der Waals surface area contributed by atoms with Crippen molar-refractivity contribution in [3.63, 3.8) is 0 Å². The first-order chi connectivity index (χ1) is 14.2. The normalized spacial score (nSPS) is 20.2. The first-order valence-corrected chi connectivity index (χ1v) is 9.95. The number of aromatic nitrogens is 3. The predicted molar refractivity (Wildman–Crippen MR) is 111 cm³/mol. The van der Waals surface area contributed by atoms with Crippen LogP contribution in [0.3, 0.4) is 0 Å². The second-order valence-corrected chi connectivity index (χ2v) is 7.78. The highest BCUT2D eigenvalue weighted by molar-refractivity contribution is 6.30. The summed E-state index contributed by atoms with van der Waals surface area (Å²) in [5, 5.41) is 3.99. The van der Waals surface area contributed by atoms with E-state index in [-0.39, 0.29) is 12.2 Å². The number of anilines is 1. The Morgan fingerprint density at radius 1 is 1.14 bits per heavy atom. The molecule has 0 spiro atoms. The van der Waals surface area contributed by atoms with Crippen LogP contribution in [0.1, 0.15) is 5.69 Å². The quantitative estimate of drug-likeness (QED) is 0.697. The van der Waals surface area contributed by atoms with Crippen molar-refractivity contribution >= 4 is 17.4 Å². The van der Waals surface area contributed by atoms with Gasteiger partial charge in [0.1, 0.15) is 18.2 Å². The number of pyridine rings is 3. The second kappa shape index (κ2) is 7.50. The van der Waals surface area contributed by atoms with Gasteiger partial charge < -0.3 is 15.0 Å². The molecule has 29 heavy (non-hydrogen) atoms. The lowest BCUT2D eigenvalue weighted by atomic mass is 9.92. The standard InChI is InChI=1S/C21H20ClN5O2/c22-15-1-2-16(24-9-15)13-29-18-5-6-26(21(28)7-18)17-3-4-20(25-10-17)27-12-14-8-23-11-19(14)27/h1-7,9-10,14,19,23H,8,11-13H2. The molecule has 0 aliphatic carbocycles. The maximum absolute atomic E-state index is 12.5. The van der Waals surface area contributed by atoms with E-state index in [4.69, 9.17) is 16.3 Å². The minimum atomic E-state index is -0.176. The molecule has 1 N–H and O–H groups in total. The molecule has 2 aliphatic rings. The van der Waals surface area contributed by atoms with Crippen LogP contribution in [0, 0.1) is 5.92 Å². The summed E-state index contributed by atoms with van der Waals surface area (Å²) in [5.74, 6) is 2.19. The van der Waals surface area contributed by atoms with Crippen molar-refractivity contribution < 1.29 is 4.74 Å². The van der Waals surface area contributed by atoms with Gasteiger partial charge >= 0.3 is 0 Å². The topological polar surface area (TPSA) is 72.3 Å². The molecule has 148 valence electrons. The van der Waals surface area contributed by atoms with Crippen LogP contribution < -0.4 is 20.5 Å². The van der Waals surface area contributed by atoms with Crippen molar-refractivity contribution in [3.8, 4) is 11.4 Å². The van der Waals surface area contributed by atoms with Gasteiger partial charge in [-0.1, -0.05) is 11.6 Å². The van der Waals surface area contributed by atoms with Crippen molar-refractivity contribution in [3.05, 3.63) is 76.1 Å². The fraction of sp³-hybridized carbons (Fsp3) is 0.286. The lowest BCUT2D eigenvalue weighted by molar-refractivity contribution is 0.300. The Balaban J connectivity index is 1.27. The number of rotatable bonds is 5. The molecule has 0 aromatic carbocycles. The summed E-state index contributed by atoms with van der Waals surface area (Å²) >= 11 is 5.83. The third-order valence-electron chi connectivity index (χ3n) is 5.51. The molecule has 5 heterocycles. The SMILES string of the molecule is O=c1cc(OCc2ccc(Cl)cn2)ccn1-c1ccc(N2CC3CNCC32)nc1. The highest BCUT2D eigenvalue weighted by atomic mass is 35.5. The molecule has 7 nitrogen and oxygen atoms in total. The molecule has 3 aromatic rings. The van der Waals surface area contributed by atoms with Gasteiger partial charge in [-0.25, -0.2) is 4.98 Å². The Labute approximate surface area is 172 Å². The molecular weight excluding hydrogens is 390 g/mol. The Kier molecular flexibility index (Phi) is 4.69. The van der Waals surface area contributed by atoms with Gasteiger partial charge in [-0.3, -0.25) is 14.3 Å². The van der Waals surface area contributed by atoms with Crippen LogP contribution >= 0.6 is 11.6 Å². The zero-order valence-corrected chi connectivity index (χ0v) is 16.4. The first-order valence-electron chi connectivity index (χ1n) is 9.57. The summed E-state index contributed by atoms with van der Waals surface area (Å²) < 4.78 is 7.23. The Morgan fingerprint density at radius 3 is 2.79 bits per heavy atom. The van der Waals surface area contributed by atoms with E-state index in [2.05, 4.69) is 20.2 Å². The lowest BCUT2D eigenvalue weighted by Crippen LogP contribution is -2.56. The number of halogens is 1. The molecule has 2 fully saturated rings. The number of hydrogen-bond donors (Lipinski definition) is 1. The van der Waals surface area contributed by atoms with Crippen molar-refractivity contribution in [2.75, 3.05) is 24.5 Å². The molecule has 0 radical (unpaired) electrons. The molecule has 2 unspecified atom stereocenters. The molecule has 2 aliphatic heterocycles. The van der Waals surface area contributed by atoms with Gasteiger partial charge in [0.25, 0.3) is 5.56 Å². The average molecular weight is 410 g/mol. The lowest BCUT2D eigenvalue weighted by Gasteiger charge is -2.44. The van der Waals surface area contributed by atoms with Gasteiger partial charge in [0.05, 0.1) is 22.6 Å². The third kappa shape index (κ3) is 3.59. The Morgan fingerprint density at radius 2 is 2.07 bits per heavy atom. The maximum atomic E-state index is 12.5. The number of fused-ring (bicyclic) bond motifs is 1. The largest absolute Gasteiger partial charge is 0.487 e.